The van der Waals surface area contributed by atoms with Gasteiger partial charge in [-0.2, -0.15) is 5.10 Å². The molecule has 0 saturated heterocycles. The van der Waals surface area contributed by atoms with Crippen LogP contribution in [0.2, 0.25) is 9.36 Å². The van der Waals surface area contributed by atoms with Crippen molar-refractivity contribution in [3.05, 3.63) is 32.1 Å². The third kappa shape index (κ3) is 3.26. The Kier molecular flexibility index (Phi) is 4.57. The zero-order valence-corrected chi connectivity index (χ0v) is 13.6. The number of aryl methyl sites for hydroxylation is 2. The van der Waals surface area contributed by atoms with E-state index in [9.17, 15) is 4.79 Å². The van der Waals surface area contributed by atoms with Crippen LogP contribution in [0.25, 0.3) is 0 Å². The van der Waals surface area contributed by atoms with Crippen LogP contribution in [-0.2, 0) is 13.6 Å². The normalized spacial score (nSPS) is 10.7. The summed E-state index contributed by atoms with van der Waals surface area (Å²) in [6.45, 7) is 2.27. The van der Waals surface area contributed by atoms with Crippen molar-refractivity contribution in [1.29, 1.82) is 0 Å². The number of hydrogen-bond acceptors (Lipinski definition) is 3. The quantitative estimate of drug-likeness (QED) is 0.930. The second-order valence-corrected chi connectivity index (χ2v) is 6.54. The Bertz CT molecular complexity index is 637. The van der Waals surface area contributed by atoms with E-state index in [1.54, 1.807) is 30.6 Å². The molecule has 20 heavy (non-hydrogen) atoms. The van der Waals surface area contributed by atoms with E-state index in [4.69, 9.17) is 23.2 Å². The number of hydrogen-bond donors (Lipinski definition) is 1. The number of aromatic nitrogens is 2. The van der Waals surface area contributed by atoms with Crippen LogP contribution in [0, 0.1) is 6.92 Å². The number of nitrogens with zero attached hydrogens (tertiary/aromatic N) is 3. The maximum absolute atomic E-state index is 12.1. The molecule has 0 unspecified atom stereocenters. The first-order chi connectivity index (χ1) is 9.38. The number of anilines is 1. The highest BCUT2D eigenvalue weighted by atomic mass is 35.5. The summed E-state index contributed by atoms with van der Waals surface area (Å²) in [7, 11) is 3.44. The molecule has 2 aromatic rings. The molecule has 2 rings (SSSR count). The molecule has 0 bridgehead atoms. The van der Waals surface area contributed by atoms with Gasteiger partial charge in [-0.3, -0.25) is 10.00 Å². The SMILES string of the molecule is Cc1nn(C)c(NC(=O)N(C)Cc2ccc(Cl)s2)c1Cl. The molecule has 5 nitrogen and oxygen atoms in total. The van der Waals surface area contributed by atoms with E-state index in [-0.39, 0.29) is 6.03 Å². The molecule has 0 radical (unpaired) electrons. The van der Waals surface area contributed by atoms with Gasteiger partial charge in [-0.25, -0.2) is 4.79 Å². The van der Waals surface area contributed by atoms with Crippen molar-refractivity contribution < 1.29 is 4.79 Å². The summed E-state index contributed by atoms with van der Waals surface area (Å²) in [6, 6.07) is 3.46. The topological polar surface area (TPSA) is 50.2 Å². The number of carbonyl (C=O) groups excluding carboxylic acids is 1. The van der Waals surface area contributed by atoms with Crippen LogP contribution in [-0.4, -0.2) is 27.8 Å². The summed E-state index contributed by atoms with van der Waals surface area (Å²) in [5.41, 5.74) is 0.678. The first kappa shape index (κ1) is 15.2. The Hall–Kier alpha value is -1.24. The largest absolute Gasteiger partial charge is 0.323 e. The molecule has 0 spiro atoms. The van der Waals surface area contributed by atoms with E-state index < -0.39 is 0 Å². The molecular weight excluding hydrogens is 319 g/mol. The minimum absolute atomic E-state index is 0.251. The lowest BCUT2D eigenvalue weighted by atomic mass is 10.4. The van der Waals surface area contributed by atoms with Crippen LogP contribution in [0.3, 0.4) is 0 Å². The van der Waals surface area contributed by atoms with Gasteiger partial charge < -0.3 is 4.90 Å². The standard InChI is InChI=1S/C12H14Cl2N4OS/c1-7-10(14)11(18(3)16-7)15-12(19)17(2)6-8-4-5-9(13)20-8/h4-5H,6H2,1-3H3,(H,15,19). The van der Waals surface area contributed by atoms with Crippen molar-refractivity contribution in [3.8, 4) is 0 Å². The molecule has 2 amide bonds. The molecule has 0 aromatic carbocycles. The minimum Gasteiger partial charge on any atom is -0.322 e. The Morgan fingerprint density at radius 1 is 1.50 bits per heavy atom. The summed E-state index contributed by atoms with van der Waals surface area (Å²) < 4.78 is 2.25. The molecule has 2 heterocycles. The maximum Gasteiger partial charge on any atom is 0.323 e. The van der Waals surface area contributed by atoms with Gasteiger partial charge in [0.15, 0.2) is 5.82 Å². The van der Waals surface area contributed by atoms with Crippen LogP contribution >= 0.6 is 34.5 Å². The van der Waals surface area contributed by atoms with Gasteiger partial charge in [0.05, 0.1) is 16.6 Å². The summed E-state index contributed by atoms with van der Waals surface area (Å²) in [5.74, 6) is 0.491. The molecule has 0 aliphatic heterocycles. The smallest absolute Gasteiger partial charge is 0.322 e. The molecule has 0 aliphatic carbocycles. The summed E-state index contributed by atoms with van der Waals surface area (Å²) in [6.07, 6.45) is 0. The van der Waals surface area contributed by atoms with Crippen molar-refractivity contribution in [3.63, 3.8) is 0 Å². The number of thiophene rings is 1. The highest BCUT2D eigenvalue weighted by molar-refractivity contribution is 7.16. The van der Waals surface area contributed by atoms with Crippen LogP contribution in [0.5, 0.6) is 0 Å². The van der Waals surface area contributed by atoms with Gasteiger partial charge in [-0.15, -0.1) is 11.3 Å². The van der Waals surface area contributed by atoms with Crippen LogP contribution in [0.1, 0.15) is 10.6 Å². The predicted octanol–water partition coefficient (Wildman–Crippen LogP) is 3.76. The van der Waals surface area contributed by atoms with Crippen molar-refractivity contribution in [2.75, 3.05) is 12.4 Å². The van der Waals surface area contributed by atoms with E-state index in [0.717, 1.165) is 4.88 Å². The van der Waals surface area contributed by atoms with Gasteiger partial charge in [-0.05, 0) is 19.1 Å². The lowest BCUT2D eigenvalue weighted by Crippen LogP contribution is -2.31. The van der Waals surface area contributed by atoms with Gasteiger partial charge >= 0.3 is 6.03 Å². The molecule has 108 valence electrons. The van der Waals surface area contributed by atoms with Crippen LogP contribution in [0.15, 0.2) is 12.1 Å². The molecule has 2 aromatic heterocycles. The summed E-state index contributed by atoms with van der Waals surface area (Å²) in [4.78, 5) is 14.7. The Labute approximate surface area is 131 Å². The van der Waals surface area contributed by atoms with Crippen molar-refractivity contribution in [2.24, 2.45) is 7.05 Å². The Morgan fingerprint density at radius 2 is 2.20 bits per heavy atom. The predicted molar refractivity (Wildman–Crippen MR) is 82.8 cm³/mol. The van der Waals surface area contributed by atoms with Gasteiger partial charge in [0.2, 0.25) is 0 Å². The first-order valence-corrected chi connectivity index (χ1v) is 7.41. The second kappa shape index (κ2) is 6.03. The summed E-state index contributed by atoms with van der Waals surface area (Å²) >= 11 is 13.4. The number of amides is 2. The monoisotopic (exact) mass is 332 g/mol. The third-order valence-electron chi connectivity index (χ3n) is 2.74. The van der Waals surface area contributed by atoms with Gasteiger partial charge in [0, 0.05) is 19.0 Å². The number of nitrogens with one attached hydrogen (secondary N) is 1. The zero-order valence-electron chi connectivity index (χ0n) is 11.3. The zero-order chi connectivity index (χ0) is 14.9. The molecule has 0 aliphatic rings. The highest BCUT2D eigenvalue weighted by Crippen LogP contribution is 2.25. The minimum atomic E-state index is -0.251. The van der Waals surface area contributed by atoms with Gasteiger partial charge in [0.1, 0.15) is 5.02 Å². The molecule has 0 saturated carbocycles. The lowest BCUT2D eigenvalue weighted by Gasteiger charge is -2.17. The number of urea groups is 1. The van der Waals surface area contributed by atoms with Gasteiger partial charge in [0.25, 0.3) is 0 Å². The lowest BCUT2D eigenvalue weighted by molar-refractivity contribution is 0.221. The fourth-order valence-electron chi connectivity index (χ4n) is 1.71. The van der Waals surface area contributed by atoms with Crippen molar-refractivity contribution >= 4 is 46.4 Å². The Morgan fingerprint density at radius 3 is 2.70 bits per heavy atom. The number of rotatable bonds is 3. The summed E-state index contributed by atoms with van der Waals surface area (Å²) in [5, 5.41) is 7.35. The first-order valence-electron chi connectivity index (χ1n) is 5.84. The molecule has 0 atom stereocenters. The molecule has 1 N–H and O–H groups in total. The molecular formula is C12H14Cl2N4OS. The highest BCUT2D eigenvalue weighted by Gasteiger charge is 2.16. The van der Waals surface area contributed by atoms with Crippen LogP contribution < -0.4 is 5.32 Å². The van der Waals surface area contributed by atoms with E-state index in [0.29, 0.717) is 27.4 Å². The van der Waals surface area contributed by atoms with E-state index in [1.807, 2.05) is 12.1 Å². The molecule has 0 fully saturated rings. The number of halogens is 2. The van der Waals surface area contributed by atoms with E-state index >= 15 is 0 Å². The van der Waals surface area contributed by atoms with E-state index in [1.165, 1.54) is 11.3 Å². The van der Waals surface area contributed by atoms with Crippen LogP contribution in [0.4, 0.5) is 10.6 Å². The fraction of sp³-hybridized carbons (Fsp3) is 0.333. The second-order valence-electron chi connectivity index (χ2n) is 4.36. The average Bonchev–Trinajstić information content (AvgIpc) is 2.88. The maximum atomic E-state index is 12.1. The number of carbonyl (C=O) groups is 1. The molecule has 8 heteroatoms. The van der Waals surface area contributed by atoms with E-state index in [2.05, 4.69) is 10.4 Å². The third-order valence-corrected chi connectivity index (χ3v) is 4.41. The van der Waals surface area contributed by atoms with Crippen molar-refractivity contribution in [1.82, 2.24) is 14.7 Å². The van der Waals surface area contributed by atoms with Gasteiger partial charge in [-0.1, -0.05) is 23.2 Å². The average molecular weight is 333 g/mol. The Balaban J connectivity index is 2.04. The van der Waals surface area contributed by atoms with Crippen molar-refractivity contribution in [2.45, 2.75) is 13.5 Å². The fourth-order valence-corrected chi connectivity index (χ4v) is 3.06.